The maximum atomic E-state index is 12.7. The Bertz CT molecular complexity index is 1010. The fraction of sp³-hybridized carbons (Fsp3) is 0.333. The molecule has 7 nitrogen and oxygen atoms in total. The molecule has 1 fully saturated rings. The molecule has 0 saturated heterocycles. The molecule has 5 rings (SSSR count). The van der Waals surface area contributed by atoms with Gasteiger partial charge in [-0.05, 0) is 43.7 Å². The number of aromatic amines is 2. The molecule has 0 bridgehead atoms. The van der Waals surface area contributed by atoms with E-state index in [9.17, 15) is 4.79 Å². The molecule has 2 N–H and O–H groups in total. The van der Waals surface area contributed by atoms with Gasteiger partial charge in [-0.2, -0.15) is 5.10 Å². The van der Waals surface area contributed by atoms with Gasteiger partial charge in [-0.1, -0.05) is 0 Å². The third kappa shape index (κ3) is 2.52. The van der Waals surface area contributed by atoms with Crippen molar-refractivity contribution >= 4 is 29.1 Å². The molecule has 132 valence electrons. The van der Waals surface area contributed by atoms with Crippen molar-refractivity contribution in [2.45, 2.75) is 42.4 Å². The molecule has 8 heteroatoms. The third-order valence-corrected chi connectivity index (χ3v) is 5.74. The lowest BCUT2D eigenvalue weighted by Crippen LogP contribution is -2.36. The molecule has 3 aromatic heterocycles. The summed E-state index contributed by atoms with van der Waals surface area (Å²) in [5.74, 6) is 1.33. The van der Waals surface area contributed by atoms with Crippen molar-refractivity contribution in [3.63, 3.8) is 0 Å². The van der Waals surface area contributed by atoms with Crippen LogP contribution < -0.4 is 0 Å². The Kier molecular flexibility index (Phi) is 3.59. The number of imidazole rings is 1. The number of fused-ring (bicyclic) bond motifs is 2. The van der Waals surface area contributed by atoms with Gasteiger partial charge >= 0.3 is 0 Å². The first-order valence-electron chi connectivity index (χ1n) is 8.61. The summed E-state index contributed by atoms with van der Waals surface area (Å²) in [6.07, 6.45) is 5.85. The fourth-order valence-corrected chi connectivity index (χ4v) is 4.56. The number of aryl methyl sites for hydroxylation is 1. The minimum Gasteiger partial charge on any atom is -0.454 e. The van der Waals surface area contributed by atoms with Crippen LogP contribution in [-0.2, 0) is 4.79 Å². The highest BCUT2D eigenvalue weighted by Gasteiger charge is 2.42. The molecular weight excluding hydrogens is 350 g/mol. The molecule has 3 aromatic rings. The molecule has 0 radical (unpaired) electrons. The Hall–Kier alpha value is -2.61. The van der Waals surface area contributed by atoms with Gasteiger partial charge in [-0.15, -0.1) is 0 Å². The summed E-state index contributed by atoms with van der Waals surface area (Å²) in [6.45, 7) is 1.96. The molecule has 1 aliphatic carbocycles. The van der Waals surface area contributed by atoms with Crippen molar-refractivity contribution in [3.8, 4) is 0 Å². The number of carbonyl (C=O) groups is 1. The van der Waals surface area contributed by atoms with E-state index < -0.39 is 0 Å². The van der Waals surface area contributed by atoms with Crippen LogP contribution in [0.25, 0.3) is 0 Å². The minimum absolute atomic E-state index is 0.170. The molecule has 1 aliphatic heterocycles. The summed E-state index contributed by atoms with van der Waals surface area (Å²) >= 11 is 1.43. The smallest absolute Gasteiger partial charge is 0.173 e. The number of furan rings is 1. The molecule has 0 spiro atoms. The first-order chi connectivity index (χ1) is 12.7. The number of aromatic nitrogens is 4. The molecular formula is C18H17N5O2S. The number of Topliss-reactive ketones (excluding diaryl/α,β-unsaturated/α-hetero) is 1. The average molecular weight is 367 g/mol. The summed E-state index contributed by atoms with van der Waals surface area (Å²) in [6, 6.07) is 3.88. The number of carbonyl (C=O) groups excluding carboxylic acids is 1. The third-order valence-electron chi connectivity index (χ3n) is 4.92. The summed E-state index contributed by atoms with van der Waals surface area (Å²) in [4.78, 5) is 24.8. The van der Waals surface area contributed by atoms with Crippen LogP contribution in [0.15, 0.2) is 44.2 Å². The largest absolute Gasteiger partial charge is 0.454 e. The Morgan fingerprint density at radius 1 is 1.23 bits per heavy atom. The Balaban J connectivity index is 1.52. The lowest BCUT2D eigenvalue weighted by Gasteiger charge is -2.32. The van der Waals surface area contributed by atoms with Crippen LogP contribution in [0, 0.1) is 12.8 Å². The van der Waals surface area contributed by atoms with Crippen LogP contribution in [0.4, 0.5) is 5.82 Å². The molecule has 26 heavy (non-hydrogen) atoms. The SMILES string of the molecule is Cc1cnc(Sc2ccc(C3c4cn[nH]c4N=C4CCCC(=O)C43)o2)[nH]1. The lowest BCUT2D eigenvalue weighted by molar-refractivity contribution is -0.122. The summed E-state index contributed by atoms with van der Waals surface area (Å²) < 4.78 is 6.11. The second-order valence-corrected chi connectivity index (χ2v) is 7.68. The fourth-order valence-electron chi connectivity index (χ4n) is 3.78. The highest BCUT2D eigenvalue weighted by Crippen LogP contribution is 2.45. The topological polar surface area (TPSA) is 99.9 Å². The van der Waals surface area contributed by atoms with Gasteiger partial charge in [0.2, 0.25) is 0 Å². The van der Waals surface area contributed by atoms with Gasteiger partial charge in [0.05, 0.1) is 18.0 Å². The quantitative estimate of drug-likeness (QED) is 0.734. The number of hydrogen-bond acceptors (Lipinski definition) is 6. The number of rotatable bonds is 3. The van der Waals surface area contributed by atoms with Crippen LogP contribution in [0.1, 0.15) is 42.2 Å². The van der Waals surface area contributed by atoms with E-state index in [1.165, 1.54) is 11.8 Å². The van der Waals surface area contributed by atoms with Gasteiger partial charge in [0.25, 0.3) is 0 Å². The van der Waals surface area contributed by atoms with Gasteiger partial charge in [0.15, 0.2) is 16.1 Å². The molecule has 2 atom stereocenters. The number of nitrogens with zero attached hydrogens (tertiary/aromatic N) is 3. The van der Waals surface area contributed by atoms with Crippen LogP contribution in [0.5, 0.6) is 0 Å². The molecule has 4 heterocycles. The normalized spacial score (nSPS) is 22.0. The zero-order chi connectivity index (χ0) is 17.7. The Morgan fingerprint density at radius 2 is 2.15 bits per heavy atom. The van der Waals surface area contributed by atoms with Crippen molar-refractivity contribution in [3.05, 3.63) is 41.5 Å². The van der Waals surface area contributed by atoms with Crippen molar-refractivity contribution in [2.75, 3.05) is 0 Å². The monoisotopic (exact) mass is 367 g/mol. The average Bonchev–Trinajstić information content (AvgIpc) is 3.35. The molecule has 0 amide bonds. The van der Waals surface area contributed by atoms with Gasteiger partial charge in [0.1, 0.15) is 11.5 Å². The van der Waals surface area contributed by atoms with Crippen molar-refractivity contribution in [2.24, 2.45) is 10.9 Å². The van der Waals surface area contributed by atoms with Crippen molar-refractivity contribution in [1.29, 1.82) is 0 Å². The minimum atomic E-state index is -0.247. The van der Waals surface area contributed by atoms with E-state index in [2.05, 4.69) is 25.2 Å². The van der Waals surface area contributed by atoms with Crippen LogP contribution in [0.3, 0.4) is 0 Å². The highest BCUT2D eigenvalue weighted by molar-refractivity contribution is 7.99. The Morgan fingerprint density at radius 3 is 3.00 bits per heavy atom. The predicted octanol–water partition coefficient (Wildman–Crippen LogP) is 3.77. The first-order valence-corrected chi connectivity index (χ1v) is 9.43. The van der Waals surface area contributed by atoms with E-state index in [4.69, 9.17) is 4.42 Å². The maximum absolute atomic E-state index is 12.7. The summed E-state index contributed by atoms with van der Waals surface area (Å²) in [7, 11) is 0. The van der Waals surface area contributed by atoms with Crippen molar-refractivity contribution in [1.82, 2.24) is 20.2 Å². The molecule has 0 aromatic carbocycles. The summed E-state index contributed by atoms with van der Waals surface area (Å²) in [5, 5.41) is 8.61. The number of ketones is 1. The maximum Gasteiger partial charge on any atom is 0.173 e. The first kappa shape index (κ1) is 15.6. The Labute approximate surface area is 153 Å². The number of aliphatic imine (C=N–C) groups is 1. The van der Waals surface area contributed by atoms with E-state index in [0.717, 1.165) is 51.6 Å². The number of H-pyrrole nitrogens is 2. The highest BCUT2D eigenvalue weighted by atomic mass is 32.2. The molecule has 2 aliphatic rings. The molecule has 2 unspecified atom stereocenters. The molecule has 1 saturated carbocycles. The standard InChI is InChI=1S/C18H17N5O2S/c1-9-7-19-18(21-9)26-14-6-5-13(25-14)15-10-8-20-23-17(10)22-11-3-2-4-12(24)16(11)15/h5-8,15-16H,2-4H2,1H3,(H,19,21)(H,20,23). The van der Waals surface area contributed by atoms with E-state index in [0.29, 0.717) is 6.42 Å². The summed E-state index contributed by atoms with van der Waals surface area (Å²) in [5.41, 5.74) is 2.87. The zero-order valence-electron chi connectivity index (χ0n) is 14.2. The van der Waals surface area contributed by atoms with Crippen LogP contribution in [0.2, 0.25) is 0 Å². The van der Waals surface area contributed by atoms with Gasteiger partial charge in [0, 0.05) is 29.6 Å². The van der Waals surface area contributed by atoms with E-state index >= 15 is 0 Å². The van der Waals surface area contributed by atoms with E-state index in [1.54, 1.807) is 12.4 Å². The number of hydrogen-bond donors (Lipinski definition) is 2. The van der Waals surface area contributed by atoms with Gasteiger partial charge in [-0.3, -0.25) is 9.89 Å². The zero-order valence-corrected chi connectivity index (χ0v) is 15.0. The number of nitrogens with one attached hydrogen (secondary N) is 2. The van der Waals surface area contributed by atoms with Crippen LogP contribution in [-0.4, -0.2) is 31.7 Å². The predicted molar refractivity (Wildman–Crippen MR) is 96.0 cm³/mol. The lowest BCUT2D eigenvalue weighted by atomic mass is 9.72. The van der Waals surface area contributed by atoms with E-state index in [1.807, 2.05) is 19.1 Å². The van der Waals surface area contributed by atoms with Gasteiger partial charge < -0.3 is 9.40 Å². The van der Waals surface area contributed by atoms with Crippen LogP contribution >= 0.6 is 11.8 Å². The second-order valence-electron chi connectivity index (χ2n) is 6.68. The van der Waals surface area contributed by atoms with Gasteiger partial charge in [-0.25, -0.2) is 9.98 Å². The second kappa shape index (κ2) is 5.98. The van der Waals surface area contributed by atoms with Crippen molar-refractivity contribution < 1.29 is 9.21 Å². The van der Waals surface area contributed by atoms with E-state index in [-0.39, 0.29) is 17.6 Å².